The molecule has 23 heavy (non-hydrogen) atoms. The number of rotatable bonds is 4. The van der Waals surface area contributed by atoms with Crippen molar-refractivity contribution in [3.05, 3.63) is 47.8 Å². The summed E-state index contributed by atoms with van der Waals surface area (Å²) in [6, 6.07) is 9.78. The highest BCUT2D eigenvalue weighted by Crippen LogP contribution is 2.18. The van der Waals surface area contributed by atoms with Gasteiger partial charge in [-0.2, -0.15) is 0 Å². The Bertz CT molecular complexity index is 698. The third-order valence-corrected chi connectivity index (χ3v) is 4.00. The van der Waals surface area contributed by atoms with Gasteiger partial charge in [0.15, 0.2) is 5.69 Å². The van der Waals surface area contributed by atoms with E-state index in [2.05, 4.69) is 10.3 Å². The first-order valence-corrected chi connectivity index (χ1v) is 7.59. The van der Waals surface area contributed by atoms with E-state index >= 15 is 0 Å². The van der Waals surface area contributed by atoms with Crippen LogP contribution in [0.25, 0.3) is 0 Å². The van der Waals surface area contributed by atoms with Crippen LogP contribution in [0.15, 0.2) is 36.5 Å². The first-order chi connectivity index (χ1) is 11.1. The molecule has 1 saturated heterocycles. The van der Waals surface area contributed by atoms with Gasteiger partial charge in [0.2, 0.25) is 0 Å². The Morgan fingerprint density at radius 2 is 2.04 bits per heavy atom. The number of carbonyl (C=O) groups excluding carboxylic acids is 1. The number of carbonyl (C=O) groups is 2. The van der Waals surface area contributed by atoms with Gasteiger partial charge >= 0.3 is 5.97 Å². The van der Waals surface area contributed by atoms with E-state index in [1.807, 2.05) is 30.3 Å². The Morgan fingerprint density at radius 1 is 1.26 bits per heavy atom. The zero-order valence-electron chi connectivity index (χ0n) is 12.6. The van der Waals surface area contributed by atoms with E-state index in [1.54, 1.807) is 15.8 Å². The maximum atomic E-state index is 12.5. The van der Waals surface area contributed by atoms with Crippen LogP contribution in [-0.4, -0.2) is 50.0 Å². The molecular weight excluding hydrogens is 296 g/mol. The van der Waals surface area contributed by atoms with Crippen LogP contribution in [-0.2, 0) is 11.3 Å². The summed E-state index contributed by atoms with van der Waals surface area (Å²) < 4.78 is 1.61. The van der Waals surface area contributed by atoms with Crippen LogP contribution < -0.4 is 0 Å². The largest absolute Gasteiger partial charge is 0.481 e. The average Bonchev–Trinajstić information content (AvgIpc) is 3.03. The van der Waals surface area contributed by atoms with Gasteiger partial charge < -0.3 is 10.0 Å². The summed E-state index contributed by atoms with van der Waals surface area (Å²) in [6.07, 6.45) is 2.92. The topological polar surface area (TPSA) is 88.3 Å². The van der Waals surface area contributed by atoms with Crippen LogP contribution in [0.4, 0.5) is 0 Å². The van der Waals surface area contributed by atoms with Crippen molar-refractivity contribution in [2.75, 3.05) is 13.1 Å². The number of piperidine rings is 1. The van der Waals surface area contributed by atoms with Gasteiger partial charge in [-0.25, -0.2) is 4.68 Å². The zero-order valence-corrected chi connectivity index (χ0v) is 12.6. The first-order valence-electron chi connectivity index (χ1n) is 7.59. The fraction of sp³-hybridized carbons (Fsp3) is 0.375. The van der Waals surface area contributed by atoms with Gasteiger partial charge in [-0.1, -0.05) is 35.5 Å². The number of amides is 1. The second kappa shape index (κ2) is 6.60. The summed E-state index contributed by atoms with van der Waals surface area (Å²) in [6.45, 7) is 1.34. The Kier molecular flexibility index (Phi) is 4.36. The lowest BCUT2D eigenvalue weighted by Crippen LogP contribution is -2.42. The lowest BCUT2D eigenvalue weighted by molar-refractivity contribution is -0.143. The summed E-state index contributed by atoms with van der Waals surface area (Å²) in [5, 5.41) is 17.0. The number of carboxylic acid groups (broad SMARTS) is 1. The van der Waals surface area contributed by atoms with Gasteiger partial charge in [0.1, 0.15) is 0 Å². The molecule has 0 spiro atoms. The lowest BCUT2D eigenvalue weighted by Gasteiger charge is -2.29. The number of benzene rings is 1. The monoisotopic (exact) mass is 314 g/mol. The molecule has 120 valence electrons. The minimum absolute atomic E-state index is 0.236. The molecule has 2 heterocycles. The minimum atomic E-state index is -0.852. The quantitative estimate of drug-likeness (QED) is 0.918. The second-order valence-corrected chi connectivity index (χ2v) is 5.72. The SMILES string of the molecule is O=C(O)[C@@H]1CCCN(C(=O)c2cn(Cc3ccccc3)nn2)C1. The van der Waals surface area contributed by atoms with Gasteiger partial charge in [0, 0.05) is 13.1 Å². The van der Waals surface area contributed by atoms with Gasteiger partial charge in [0.05, 0.1) is 18.7 Å². The molecule has 7 nitrogen and oxygen atoms in total. The van der Waals surface area contributed by atoms with Crippen LogP contribution in [0, 0.1) is 5.92 Å². The van der Waals surface area contributed by atoms with Crippen LogP contribution >= 0.6 is 0 Å². The van der Waals surface area contributed by atoms with Crippen LogP contribution in [0.3, 0.4) is 0 Å². The molecule has 0 saturated carbocycles. The van der Waals surface area contributed by atoms with Crippen LogP contribution in [0.2, 0.25) is 0 Å². The fourth-order valence-corrected chi connectivity index (χ4v) is 2.77. The first kappa shape index (κ1) is 15.2. The Morgan fingerprint density at radius 3 is 2.78 bits per heavy atom. The molecule has 1 fully saturated rings. The minimum Gasteiger partial charge on any atom is -0.481 e. The van der Waals surface area contributed by atoms with Crippen molar-refractivity contribution >= 4 is 11.9 Å². The van der Waals surface area contributed by atoms with Crippen molar-refractivity contribution in [3.63, 3.8) is 0 Å². The molecule has 3 rings (SSSR count). The lowest BCUT2D eigenvalue weighted by atomic mass is 9.98. The van der Waals surface area contributed by atoms with Gasteiger partial charge in [-0.05, 0) is 18.4 Å². The fourth-order valence-electron chi connectivity index (χ4n) is 2.77. The third-order valence-electron chi connectivity index (χ3n) is 4.00. The maximum absolute atomic E-state index is 12.5. The van der Waals surface area contributed by atoms with Crippen molar-refractivity contribution in [2.24, 2.45) is 5.92 Å². The van der Waals surface area contributed by atoms with Crippen molar-refractivity contribution in [2.45, 2.75) is 19.4 Å². The number of likely N-dealkylation sites (tertiary alicyclic amines) is 1. The second-order valence-electron chi connectivity index (χ2n) is 5.72. The van der Waals surface area contributed by atoms with E-state index in [0.717, 1.165) is 5.56 Å². The maximum Gasteiger partial charge on any atom is 0.308 e. The average molecular weight is 314 g/mol. The molecule has 0 aliphatic carbocycles. The summed E-state index contributed by atoms with van der Waals surface area (Å²) in [5.41, 5.74) is 1.33. The Hall–Kier alpha value is -2.70. The highest BCUT2D eigenvalue weighted by molar-refractivity contribution is 5.92. The van der Waals surface area contributed by atoms with E-state index in [0.29, 0.717) is 25.9 Å². The predicted octanol–water partition coefficient (Wildman–Crippen LogP) is 1.26. The summed E-state index contributed by atoms with van der Waals surface area (Å²) >= 11 is 0. The predicted molar refractivity (Wildman–Crippen MR) is 81.8 cm³/mol. The Balaban J connectivity index is 1.67. The van der Waals surface area contributed by atoms with E-state index < -0.39 is 11.9 Å². The highest BCUT2D eigenvalue weighted by Gasteiger charge is 2.29. The highest BCUT2D eigenvalue weighted by atomic mass is 16.4. The van der Waals surface area contributed by atoms with Crippen molar-refractivity contribution in [1.82, 2.24) is 19.9 Å². The number of aromatic nitrogens is 3. The third kappa shape index (κ3) is 3.56. The molecule has 2 aromatic rings. The number of hydrogen-bond donors (Lipinski definition) is 1. The molecule has 1 aromatic heterocycles. The van der Waals surface area contributed by atoms with Gasteiger partial charge in [-0.3, -0.25) is 9.59 Å². The van der Waals surface area contributed by atoms with E-state index in [1.165, 1.54) is 0 Å². The van der Waals surface area contributed by atoms with E-state index in [-0.39, 0.29) is 18.1 Å². The molecule has 1 amide bonds. The summed E-state index contributed by atoms with van der Waals surface area (Å²) in [4.78, 5) is 25.1. The van der Waals surface area contributed by atoms with Gasteiger partial charge in [-0.15, -0.1) is 5.10 Å². The van der Waals surface area contributed by atoms with Crippen LogP contribution in [0.1, 0.15) is 28.9 Å². The molecule has 0 unspecified atom stereocenters. The van der Waals surface area contributed by atoms with E-state index in [4.69, 9.17) is 5.11 Å². The molecule has 1 atom stereocenters. The number of aliphatic carboxylic acids is 1. The van der Waals surface area contributed by atoms with E-state index in [9.17, 15) is 9.59 Å². The molecule has 1 aliphatic rings. The van der Waals surface area contributed by atoms with Crippen molar-refractivity contribution < 1.29 is 14.7 Å². The molecule has 7 heteroatoms. The molecule has 1 aliphatic heterocycles. The molecule has 1 aromatic carbocycles. The molecule has 1 N–H and O–H groups in total. The zero-order chi connectivity index (χ0) is 16.2. The van der Waals surface area contributed by atoms with Crippen molar-refractivity contribution in [1.29, 1.82) is 0 Å². The van der Waals surface area contributed by atoms with Gasteiger partial charge in [0.25, 0.3) is 5.91 Å². The summed E-state index contributed by atoms with van der Waals surface area (Å²) in [7, 11) is 0. The smallest absolute Gasteiger partial charge is 0.308 e. The number of hydrogen-bond acceptors (Lipinski definition) is 4. The number of carboxylic acids is 1. The molecule has 0 bridgehead atoms. The normalized spacial score (nSPS) is 17.9. The van der Waals surface area contributed by atoms with Crippen molar-refractivity contribution in [3.8, 4) is 0 Å². The number of nitrogens with zero attached hydrogens (tertiary/aromatic N) is 4. The molecule has 0 radical (unpaired) electrons. The Labute approximate surface area is 133 Å². The standard InChI is InChI=1S/C16H18N4O3/c21-15(19-8-4-7-13(10-19)16(22)23)14-11-20(18-17-14)9-12-5-2-1-3-6-12/h1-3,5-6,11,13H,4,7-10H2,(H,22,23)/t13-/m1/s1. The molecular formula is C16H18N4O3. The summed E-state index contributed by atoms with van der Waals surface area (Å²) in [5.74, 6) is -1.60. The van der Waals surface area contributed by atoms with Crippen LogP contribution in [0.5, 0.6) is 0 Å².